The van der Waals surface area contributed by atoms with E-state index in [0.717, 1.165) is 0 Å². The summed E-state index contributed by atoms with van der Waals surface area (Å²) < 4.78 is 24.8. The molecule has 0 saturated heterocycles. The number of rotatable bonds is 0. The zero-order chi connectivity index (χ0) is 13.1. The van der Waals surface area contributed by atoms with Crippen LogP contribution in [0.3, 0.4) is 0 Å². The number of nitrogens with two attached hydrogens (primary N) is 1. The van der Waals surface area contributed by atoms with Crippen molar-refractivity contribution in [3.8, 4) is 0 Å². The Morgan fingerprint density at radius 1 is 1.39 bits per heavy atom. The summed E-state index contributed by atoms with van der Waals surface area (Å²) in [5.74, 6) is 0.0900. The zero-order valence-electron chi connectivity index (χ0n) is 9.75. The third kappa shape index (κ3) is 1.45. The van der Waals surface area contributed by atoms with E-state index in [0.29, 0.717) is 23.6 Å². The average Bonchev–Trinajstić information content (AvgIpc) is 2.71. The van der Waals surface area contributed by atoms with Gasteiger partial charge in [0.25, 0.3) is 5.91 Å². The molecule has 2 aliphatic heterocycles. The number of fused-ring (bicyclic) bond motifs is 3. The fraction of sp³-hybridized carbons (Fsp3) is 0.400. The molecule has 2 N–H and O–H groups in total. The van der Waals surface area contributed by atoms with Crippen molar-refractivity contribution in [3.05, 3.63) is 23.0 Å². The van der Waals surface area contributed by atoms with Gasteiger partial charge in [0.1, 0.15) is 5.82 Å². The Balaban J connectivity index is 2.17. The summed E-state index contributed by atoms with van der Waals surface area (Å²) in [5, 5.41) is 4.25. The van der Waals surface area contributed by atoms with E-state index < -0.39 is 9.84 Å². The number of carbonyl (C=O) groups is 1. The van der Waals surface area contributed by atoms with Crippen molar-refractivity contribution in [2.75, 3.05) is 11.9 Å². The second-order valence-electron chi connectivity index (χ2n) is 4.49. The second-order valence-corrected chi connectivity index (χ2v) is 6.55. The molecule has 3 heterocycles. The molecule has 0 spiro atoms. The lowest BCUT2D eigenvalue weighted by atomic mass is 10.2. The standard InChI is InChI=1S/C10H12N4O3S/c1-13-9-6-4-18(16,17)5-8(6)12-14(9)3-2-7(11)10(13)15/h2H,3-5,11H2,1H3. The van der Waals surface area contributed by atoms with Crippen LogP contribution in [0.4, 0.5) is 5.82 Å². The number of likely N-dealkylation sites (N-methyl/N-ethyl adjacent to an activating group) is 1. The van der Waals surface area contributed by atoms with Gasteiger partial charge in [0.2, 0.25) is 0 Å². The van der Waals surface area contributed by atoms with Crippen molar-refractivity contribution in [2.24, 2.45) is 5.73 Å². The van der Waals surface area contributed by atoms with Gasteiger partial charge in [0, 0.05) is 12.6 Å². The molecule has 7 nitrogen and oxygen atoms in total. The van der Waals surface area contributed by atoms with Gasteiger partial charge in [-0.2, -0.15) is 5.10 Å². The fourth-order valence-corrected chi connectivity index (χ4v) is 3.83. The van der Waals surface area contributed by atoms with Crippen molar-refractivity contribution in [3.63, 3.8) is 0 Å². The molecule has 96 valence electrons. The predicted molar refractivity (Wildman–Crippen MR) is 64.2 cm³/mol. The van der Waals surface area contributed by atoms with Gasteiger partial charge >= 0.3 is 0 Å². The van der Waals surface area contributed by atoms with Crippen LogP contribution in [0, 0.1) is 0 Å². The third-order valence-corrected chi connectivity index (χ3v) is 4.62. The zero-order valence-corrected chi connectivity index (χ0v) is 10.6. The smallest absolute Gasteiger partial charge is 0.274 e. The number of anilines is 1. The van der Waals surface area contributed by atoms with Crippen molar-refractivity contribution in [1.82, 2.24) is 9.78 Å². The Morgan fingerprint density at radius 2 is 2.11 bits per heavy atom. The Morgan fingerprint density at radius 3 is 2.83 bits per heavy atom. The molecule has 0 unspecified atom stereocenters. The van der Waals surface area contributed by atoms with E-state index in [1.165, 1.54) is 4.90 Å². The fourth-order valence-electron chi connectivity index (χ4n) is 2.35. The maximum Gasteiger partial charge on any atom is 0.274 e. The van der Waals surface area contributed by atoms with E-state index in [1.807, 2.05) is 0 Å². The van der Waals surface area contributed by atoms with Crippen LogP contribution in [0.1, 0.15) is 11.3 Å². The first-order valence-corrected chi connectivity index (χ1v) is 7.24. The van der Waals surface area contributed by atoms with E-state index in [4.69, 9.17) is 5.73 Å². The van der Waals surface area contributed by atoms with Gasteiger partial charge in [-0.05, 0) is 6.08 Å². The Bertz CT molecular complexity index is 686. The number of amides is 1. The van der Waals surface area contributed by atoms with Crippen LogP contribution >= 0.6 is 0 Å². The van der Waals surface area contributed by atoms with E-state index >= 15 is 0 Å². The van der Waals surface area contributed by atoms with Crippen molar-refractivity contribution < 1.29 is 13.2 Å². The topological polar surface area (TPSA) is 98.3 Å². The molecule has 1 amide bonds. The second kappa shape index (κ2) is 3.35. The van der Waals surface area contributed by atoms with E-state index in [2.05, 4.69) is 5.10 Å². The summed E-state index contributed by atoms with van der Waals surface area (Å²) in [6, 6.07) is 0. The maximum atomic E-state index is 11.9. The summed E-state index contributed by atoms with van der Waals surface area (Å²) >= 11 is 0. The number of nitrogens with zero attached hydrogens (tertiary/aromatic N) is 3. The molecule has 2 aliphatic rings. The molecule has 0 aromatic carbocycles. The first-order valence-electron chi connectivity index (χ1n) is 5.42. The first kappa shape index (κ1) is 11.3. The van der Waals surface area contributed by atoms with Crippen LogP contribution in [0.5, 0.6) is 0 Å². The van der Waals surface area contributed by atoms with Crippen LogP contribution in [0.25, 0.3) is 0 Å². The number of allylic oxidation sites excluding steroid dienone is 1. The molecule has 0 atom stereocenters. The predicted octanol–water partition coefficient (Wildman–Crippen LogP) is -0.869. The molecule has 0 radical (unpaired) electrons. The Labute approximate surface area is 104 Å². The first-order chi connectivity index (χ1) is 8.39. The molecule has 8 heteroatoms. The summed E-state index contributed by atoms with van der Waals surface area (Å²) in [5.41, 5.74) is 6.93. The summed E-state index contributed by atoms with van der Waals surface area (Å²) in [6.07, 6.45) is 1.59. The van der Waals surface area contributed by atoms with Gasteiger partial charge in [-0.1, -0.05) is 0 Å². The van der Waals surface area contributed by atoms with Gasteiger partial charge in [0.05, 0.1) is 29.4 Å². The van der Waals surface area contributed by atoms with Gasteiger partial charge in [-0.15, -0.1) is 0 Å². The van der Waals surface area contributed by atoms with E-state index in [1.54, 1.807) is 17.8 Å². The molecule has 1 aromatic heterocycles. The minimum absolute atomic E-state index is 0.0520. The van der Waals surface area contributed by atoms with Gasteiger partial charge in [-0.25, -0.2) is 13.1 Å². The number of sulfone groups is 1. The summed E-state index contributed by atoms with van der Waals surface area (Å²) in [4.78, 5) is 13.3. The number of hydrogen-bond donors (Lipinski definition) is 1. The van der Waals surface area contributed by atoms with E-state index in [-0.39, 0.29) is 23.1 Å². The van der Waals surface area contributed by atoms with Gasteiger partial charge in [0.15, 0.2) is 9.84 Å². The lowest BCUT2D eigenvalue weighted by Crippen LogP contribution is -2.31. The SMILES string of the molecule is CN1C(=O)C(N)=CCn2nc3c(c21)CS(=O)(=O)C3. The van der Waals surface area contributed by atoms with Crippen LogP contribution in [0.15, 0.2) is 11.8 Å². The van der Waals surface area contributed by atoms with Crippen LogP contribution in [-0.2, 0) is 32.7 Å². The maximum absolute atomic E-state index is 11.9. The summed E-state index contributed by atoms with van der Waals surface area (Å²) in [7, 11) is -1.55. The number of aromatic nitrogens is 2. The van der Waals surface area contributed by atoms with Gasteiger partial charge in [-0.3, -0.25) is 9.69 Å². The van der Waals surface area contributed by atoms with Crippen molar-refractivity contribution in [1.29, 1.82) is 0 Å². The number of carbonyl (C=O) groups excluding carboxylic acids is 1. The van der Waals surface area contributed by atoms with Crippen LogP contribution in [-0.4, -0.2) is 31.2 Å². The highest BCUT2D eigenvalue weighted by Crippen LogP contribution is 2.34. The monoisotopic (exact) mass is 268 g/mol. The molecular weight excluding hydrogens is 256 g/mol. The molecule has 0 aliphatic carbocycles. The minimum atomic E-state index is -3.12. The average molecular weight is 268 g/mol. The van der Waals surface area contributed by atoms with Crippen molar-refractivity contribution >= 4 is 21.6 Å². The Hall–Kier alpha value is -1.83. The molecule has 0 bridgehead atoms. The third-order valence-electron chi connectivity index (χ3n) is 3.18. The van der Waals surface area contributed by atoms with Gasteiger partial charge < -0.3 is 5.73 Å². The lowest BCUT2D eigenvalue weighted by molar-refractivity contribution is -0.114. The van der Waals surface area contributed by atoms with Crippen LogP contribution in [0.2, 0.25) is 0 Å². The largest absolute Gasteiger partial charge is 0.394 e. The molecular formula is C10H12N4O3S. The lowest BCUT2D eigenvalue weighted by Gasteiger charge is -2.16. The Kier molecular flexibility index (Phi) is 2.10. The number of hydrogen-bond acceptors (Lipinski definition) is 5. The minimum Gasteiger partial charge on any atom is -0.394 e. The molecule has 3 rings (SSSR count). The summed E-state index contributed by atoms with van der Waals surface area (Å²) in [6.45, 7) is 0.379. The highest BCUT2D eigenvalue weighted by Gasteiger charge is 2.35. The highest BCUT2D eigenvalue weighted by atomic mass is 32.2. The highest BCUT2D eigenvalue weighted by molar-refractivity contribution is 7.90. The molecule has 0 saturated carbocycles. The molecule has 1 aromatic rings. The van der Waals surface area contributed by atoms with Crippen LogP contribution < -0.4 is 10.6 Å². The van der Waals surface area contributed by atoms with Crippen molar-refractivity contribution in [2.45, 2.75) is 18.1 Å². The molecule has 0 fully saturated rings. The van der Waals surface area contributed by atoms with E-state index in [9.17, 15) is 13.2 Å². The molecule has 18 heavy (non-hydrogen) atoms. The normalized spacial score (nSPS) is 21.3. The quantitative estimate of drug-likeness (QED) is 0.659.